The van der Waals surface area contributed by atoms with E-state index in [1.807, 2.05) is 0 Å². The van der Waals surface area contributed by atoms with E-state index in [9.17, 15) is 5.21 Å². The van der Waals surface area contributed by atoms with Crippen LogP contribution in [0.3, 0.4) is 0 Å². The predicted octanol–water partition coefficient (Wildman–Crippen LogP) is 3.31. The van der Waals surface area contributed by atoms with Gasteiger partial charge >= 0.3 is 0 Å². The third-order valence-electron chi connectivity index (χ3n) is 4.54. The van der Waals surface area contributed by atoms with Crippen molar-refractivity contribution in [3.8, 4) is 0 Å². The van der Waals surface area contributed by atoms with Crippen molar-refractivity contribution in [2.24, 2.45) is 17.0 Å². The first-order valence-electron chi connectivity index (χ1n) is 7.62. The number of oxime groups is 1. The molecule has 0 saturated heterocycles. The second-order valence-corrected chi connectivity index (χ2v) is 6.94. The minimum Gasteiger partial charge on any atom is -0.411 e. The number of anilines is 1. The van der Waals surface area contributed by atoms with Gasteiger partial charge < -0.3 is 10.5 Å². The number of hydrogen-bond acceptors (Lipinski definition) is 6. The fourth-order valence-corrected chi connectivity index (χ4v) is 4.31. The molecule has 1 aromatic heterocycles. The first kappa shape index (κ1) is 13.8. The van der Waals surface area contributed by atoms with E-state index in [4.69, 9.17) is 0 Å². The lowest BCUT2D eigenvalue weighted by atomic mass is 9.93. The van der Waals surface area contributed by atoms with E-state index in [2.05, 4.69) is 27.6 Å². The normalized spacial score (nSPS) is 30.2. The summed E-state index contributed by atoms with van der Waals surface area (Å²) in [6, 6.07) is 0.162. The second kappa shape index (κ2) is 6.08. The van der Waals surface area contributed by atoms with Crippen LogP contribution in [-0.4, -0.2) is 27.2 Å². The third-order valence-corrected chi connectivity index (χ3v) is 5.45. The molecule has 2 saturated carbocycles. The highest BCUT2D eigenvalue weighted by atomic mass is 32.1. The van der Waals surface area contributed by atoms with Crippen molar-refractivity contribution < 1.29 is 5.21 Å². The van der Waals surface area contributed by atoms with Crippen LogP contribution in [-0.2, 0) is 6.42 Å². The minimum atomic E-state index is 0.162. The summed E-state index contributed by atoms with van der Waals surface area (Å²) in [7, 11) is 0. The summed E-state index contributed by atoms with van der Waals surface area (Å²) >= 11 is 1.64. The lowest BCUT2D eigenvalue weighted by Crippen LogP contribution is -2.35. The monoisotopic (exact) mass is 294 g/mol. The summed E-state index contributed by atoms with van der Waals surface area (Å²) in [5.74, 6) is 1.07. The van der Waals surface area contributed by atoms with Crippen molar-refractivity contribution in [1.29, 1.82) is 0 Å². The van der Waals surface area contributed by atoms with Crippen molar-refractivity contribution in [3.05, 3.63) is 5.01 Å². The molecule has 0 spiro atoms. The molecule has 3 atom stereocenters. The van der Waals surface area contributed by atoms with Gasteiger partial charge in [-0.25, -0.2) is 0 Å². The SMILES string of the molecule is CCCCCc1nnc(NC2/C(=N\O)C3CCC2C3)s1. The van der Waals surface area contributed by atoms with Crippen LogP contribution in [0.2, 0.25) is 0 Å². The Morgan fingerprint density at radius 1 is 1.35 bits per heavy atom. The topological polar surface area (TPSA) is 70.4 Å². The summed E-state index contributed by atoms with van der Waals surface area (Å²) in [6.45, 7) is 2.21. The van der Waals surface area contributed by atoms with Gasteiger partial charge in [-0.1, -0.05) is 36.3 Å². The van der Waals surface area contributed by atoms with E-state index in [-0.39, 0.29) is 6.04 Å². The summed E-state index contributed by atoms with van der Waals surface area (Å²) in [5, 5.41) is 26.6. The minimum absolute atomic E-state index is 0.162. The highest BCUT2D eigenvalue weighted by Crippen LogP contribution is 2.44. The average molecular weight is 294 g/mol. The molecule has 0 aromatic carbocycles. The molecule has 20 heavy (non-hydrogen) atoms. The average Bonchev–Trinajstić information content (AvgIpc) is 3.15. The van der Waals surface area contributed by atoms with Gasteiger partial charge in [0.1, 0.15) is 5.01 Å². The Hall–Kier alpha value is -1.17. The molecule has 3 unspecified atom stereocenters. The molecule has 2 fully saturated rings. The molecule has 1 aromatic rings. The maximum absolute atomic E-state index is 9.20. The molecule has 110 valence electrons. The molecule has 0 aliphatic heterocycles. The van der Waals surface area contributed by atoms with Crippen LogP contribution >= 0.6 is 11.3 Å². The Kier molecular flexibility index (Phi) is 4.19. The zero-order chi connectivity index (χ0) is 13.9. The van der Waals surface area contributed by atoms with Gasteiger partial charge in [-0.3, -0.25) is 0 Å². The lowest BCUT2D eigenvalue weighted by Gasteiger charge is -2.23. The van der Waals surface area contributed by atoms with Gasteiger partial charge in [-0.2, -0.15) is 0 Å². The number of fused-ring (bicyclic) bond motifs is 2. The molecule has 0 radical (unpaired) electrons. The molecular formula is C14H22N4OS. The van der Waals surface area contributed by atoms with Crippen LogP contribution in [0, 0.1) is 11.8 Å². The van der Waals surface area contributed by atoms with E-state index in [1.54, 1.807) is 11.3 Å². The van der Waals surface area contributed by atoms with Gasteiger partial charge in [0, 0.05) is 12.3 Å². The van der Waals surface area contributed by atoms with Crippen molar-refractivity contribution in [3.63, 3.8) is 0 Å². The molecule has 0 amide bonds. The van der Waals surface area contributed by atoms with Crippen LogP contribution in [0.5, 0.6) is 0 Å². The Morgan fingerprint density at radius 2 is 2.25 bits per heavy atom. The number of hydrogen-bond donors (Lipinski definition) is 2. The van der Waals surface area contributed by atoms with E-state index < -0.39 is 0 Å². The van der Waals surface area contributed by atoms with E-state index in [0.717, 1.165) is 28.7 Å². The third kappa shape index (κ3) is 2.66. The maximum Gasteiger partial charge on any atom is 0.206 e. The van der Waals surface area contributed by atoms with Crippen molar-refractivity contribution in [2.75, 3.05) is 5.32 Å². The number of aryl methyl sites for hydroxylation is 1. The Labute approximate surface area is 123 Å². The van der Waals surface area contributed by atoms with E-state index in [1.165, 1.54) is 32.1 Å². The number of rotatable bonds is 6. The summed E-state index contributed by atoms with van der Waals surface area (Å²) in [5.41, 5.74) is 0.920. The number of unbranched alkanes of at least 4 members (excludes halogenated alkanes) is 2. The summed E-state index contributed by atoms with van der Waals surface area (Å²) in [4.78, 5) is 0. The van der Waals surface area contributed by atoms with Crippen LogP contribution in [0.1, 0.15) is 50.5 Å². The standard InChI is InChI=1S/C14H22N4OS/c1-2-3-4-5-11-16-17-14(20-11)15-12-9-6-7-10(8-9)13(12)18-19/h9-10,12,19H,2-8H2,1H3,(H,15,17)/b18-13-. The molecule has 2 aliphatic rings. The predicted molar refractivity (Wildman–Crippen MR) is 80.6 cm³/mol. The summed E-state index contributed by atoms with van der Waals surface area (Å²) in [6.07, 6.45) is 8.22. The zero-order valence-corrected chi connectivity index (χ0v) is 12.7. The van der Waals surface area contributed by atoms with Gasteiger partial charge in [-0.15, -0.1) is 10.2 Å². The molecular weight excluding hydrogens is 272 g/mol. The summed E-state index contributed by atoms with van der Waals surface area (Å²) < 4.78 is 0. The van der Waals surface area contributed by atoms with Crippen molar-refractivity contribution >= 4 is 22.2 Å². The van der Waals surface area contributed by atoms with E-state index in [0.29, 0.717) is 11.8 Å². The zero-order valence-electron chi connectivity index (χ0n) is 11.9. The highest BCUT2D eigenvalue weighted by molar-refractivity contribution is 7.15. The first-order chi connectivity index (χ1) is 9.81. The molecule has 1 heterocycles. The fourth-order valence-electron chi connectivity index (χ4n) is 3.49. The molecule has 3 rings (SSSR count). The molecule has 2 N–H and O–H groups in total. The van der Waals surface area contributed by atoms with Gasteiger partial charge in [0.15, 0.2) is 0 Å². The quantitative estimate of drug-likeness (QED) is 0.480. The smallest absolute Gasteiger partial charge is 0.206 e. The molecule has 6 heteroatoms. The molecule has 2 bridgehead atoms. The number of nitrogens with zero attached hydrogens (tertiary/aromatic N) is 3. The Balaban J connectivity index is 1.60. The van der Waals surface area contributed by atoms with Crippen molar-refractivity contribution in [2.45, 2.75) is 57.9 Å². The maximum atomic E-state index is 9.20. The van der Waals surface area contributed by atoms with Gasteiger partial charge in [0.25, 0.3) is 0 Å². The number of aromatic nitrogens is 2. The van der Waals surface area contributed by atoms with Crippen LogP contribution in [0.15, 0.2) is 5.16 Å². The largest absolute Gasteiger partial charge is 0.411 e. The number of nitrogens with one attached hydrogen (secondary N) is 1. The van der Waals surface area contributed by atoms with Crippen LogP contribution in [0.25, 0.3) is 0 Å². The van der Waals surface area contributed by atoms with Crippen molar-refractivity contribution in [1.82, 2.24) is 10.2 Å². The molecule has 2 aliphatic carbocycles. The van der Waals surface area contributed by atoms with Crippen LogP contribution < -0.4 is 5.32 Å². The van der Waals surface area contributed by atoms with Gasteiger partial charge in [0.2, 0.25) is 5.13 Å². The van der Waals surface area contributed by atoms with Gasteiger partial charge in [0.05, 0.1) is 11.8 Å². The fraction of sp³-hybridized carbons (Fsp3) is 0.786. The second-order valence-electron chi connectivity index (χ2n) is 5.87. The Bertz CT molecular complexity index is 487. The first-order valence-corrected chi connectivity index (χ1v) is 8.44. The Morgan fingerprint density at radius 3 is 3.05 bits per heavy atom. The van der Waals surface area contributed by atoms with Gasteiger partial charge in [-0.05, 0) is 31.6 Å². The lowest BCUT2D eigenvalue weighted by molar-refractivity contribution is 0.312. The molecule has 5 nitrogen and oxygen atoms in total. The highest BCUT2D eigenvalue weighted by Gasteiger charge is 2.45. The van der Waals surface area contributed by atoms with Crippen LogP contribution in [0.4, 0.5) is 5.13 Å². The van der Waals surface area contributed by atoms with E-state index >= 15 is 0 Å².